The first-order valence-electron chi connectivity index (χ1n) is 6.39. The van der Waals surface area contributed by atoms with Crippen LogP contribution in [0, 0.1) is 0 Å². The van der Waals surface area contributed by atoms with E-state index >= 15 is 0 Å². The third-order valence-electron chi connectivity index (χ3n) is 3.38. The van der Waals surface area contributed by atoms with Crippen molar-refractivity contribution in [2.24, 2.45) is 7.05 Å². The van der Waals surface area contributed by atoms with E-state index in [9.17, 15) is 23.4 Å². The number of nitrogens with zero attached hydrogens (tertiary/aromatic N) is 1. The van der Waals surface area contributed by atoms with E-state index in [-0.39, 0.29) is 17.0 Å². The van der Waals surface area contributed by atoms with Crippen molar-refractivity contribution < 1.29 is 23.4 Å². The highest BCUT2D eigenvalue weighted by Gasteiger charge is 2.33. The predicted octanol–water partition coefficient (Wildman–Crippen LogP) is -1.20. The molecule has 1 aromatic rings. The van der Waals surface area contributed by atoms with Gasteiger partial charge >= 0.3 is 0 Å². The first kappa shape index (κ1) is 17.6. The van der Waals surface area contributed by atoms with Crippen LogP contribution in [0.15, 0.2) is 17.2 Å². The van der Waals surface area contributed by atoms with Gasteiger partial charge in [0.2, 0.25) is 10.0 Å². The molecule has 0 unspecified atom stereocenters. The van der Waals surface area contributed by atoms with Crippen LogP contribution in [0.2, 0.25) is 0 Å². The van der Waals surface area contributed by atoms with E-state index in [0.717, 1.165) is 0 Å². The number of carbonyl (C=O) groups is 1. The Labute approximate surface area is 123 Å². The average Bonchev–Trinajstić information content (AvgIpc) is 2.87. The molecule has 1 heterocycles. The first-order valence-corrected chi connectivity index (χ1v) is 7.87. The Balaban J connectivity index is 3.17. The van der Waals surface area contributed by atoms with E-state index in [1.54, 1.807) is 14.0 Å². The van der Waals surface area contributed by atoms with Gasteiger partial charge in [0.1, 0.15) is 10.6 Å². The number of amides is 1. The molecular formula is C12H21N3O5S. The molecule has 1 aromatic heterocycles. The van der Waals surface area contributed by atoms with Gasteiger partial charge in [0.15, 0.2) is 0 Å². The highest BCUT2D eigenvalue weighted by Crippen LogP contribution is 2.18. The Morgan fingerprint density at radius 3 is 2.38 bits per heavy atom. The fourth-order valence-electron chi connectivity index (χ4n) is 1.79. The van der Waals surface area contributed by atoms with Crippen LogP contribution in [0.4, 0.5) is 0 Å². The monoisotopic (exact) mass is 319 g/mol. The standard InChI is InChI=1S/C12H21N3O5S/c1-4-12(7-16,8-17)14-21(19,20)9-5-10(11(18)13-2)15(3)6-9/h5-6,14,16-17H,4,7-8H2,1-3H3,(H,13,18). The third kappa shape index (κ3) is 3.62. The smallest absolute Gasteiger partial charge is 0.267 e. The van der Waals surface area contributed by atoms with Crippen LogP contribution in [-0.2, 0) is 17.1 Å². The number of aromatic nitrogens is 1. The summed E-state index contributed by atoms with van der Waals surface area (Å²) in [5.41, 5.74) is -1.14. The van der Waals surface area contributed by atoms with Gasteiger partial charge in [0, 0.05) is 20.3 Å². The number of rotatable bonds is 7. The van der Waals surface area contributed by atoms with Crippen molar-refractivity contribution in [3.63, 3.8) is 0 Å². The summed E-state index contributed by atoms with van der Waals surface area (Å²) in [4.78, 5) is 11.5. The minimum Gasteiger partial charge on any atom is -0.394 e. The number of sulfonamides is 1. The lowest BCUT2D eigenvalue weighted by atomic mass is 10.0. The van der Waals surface area contributed by atoms with Gasteiger partial charge in [-0.25, -0.2) is 13.1 Å². The molecule has 0 saturated carbocycles. The molecular weight excluding hydrogens is 298 g/mol. The zero-order valence-corrected chi connectivity index (χ0v) is 13.1. The van der Waals surface area contributed by atoms with Gasteiger partial charge in [-0.05, 0) is 12.5 Å². The highest BCUT2D eigenvalue weighted by atomic mass is 32.2. The van der Waals surface area contributed by atoms with E-state index in [1.807, 2.05) is 0 Å². The highest BCUT2D eigenvalue weighted by molar-refractivity contribution is 7.89. The van der Waals surface area contributed by atoms with Crippen LogP contribution >= 0.6 is 0 Å². The Bertz CT molecular complexity index is 596. The third-order valence-corrected chi connectivity index (χ3v) is 4.93. The maximum atomic E-state index is 12.3. The summed E-state index contributed by atoms with van der Waals surface area (Å²) in [6.45, 7) is 0.582. The van der Waals surface area contributed by atoms with E-state index < -0.39 is 34.7 Å². The summed E-state index contributed by atoms with van der Waals surface area (Å²) in [5, 5.41) is 21.0. The SMILES string of the molecule is CCC(CO)(CO)NS(=O)(=O)c1cc(C(=O)NC)n(C)c1. The number of aliphatic hydroxyl groups excluding tert-OH is 2. The van der Waals surface area contributed by atoms with E-state index in [0.29, 0.717) is 0 Å². The zero-order chi connectivity index (χ0) is 16.3. The Morgan fingerprint density at radius 2 is 1.95 bits per heavy atom. The molecule has 0 saturated heterocycles. The lowest BCUT2D eigenvalue weighted by Crippen LogP contribution is -2.53. The second-order valence-electron chi connectivity index (χ2n) is 4.81. The molecule has 4 N–H and O–H groups in total. The van der Waals surface area contributed by atoms with Gasteiger partial charge in [0.05, 0.1) is 18.8 Å². The van der Waals surface area contributed by atoms with Crippen molar-refractivity contribution in [3.8, 4) is 0 Å². The number of nitrogens with one attached hydrogen (secondary N) is 2. The summed E-state index contributed by atoms with van der Waals surface area (Å²) in [7, 11) is -0.972. The molecule has 9 heteroatoms. The molecule has 0 spiro atoms. The van der Waals surface area contributed by atoms with Crippen LogP contribution in [0.5, 0.6) is 0 Å². The average molecular weight is 319 g/mol. The van der Waals surface area contributed by atoms with Crippen molar-refractivity contribution in [2.75, 3.05) is 20.3 Å². The number of aliphatic hydroxyl groups is 2. The molecule has 1 amide bonds. The van der Waals surface area contributed by atoms with Gasteiger partial charge < -0.3 is 20.1 Å². The number of carbonyl (C=O) groups excluding carboxylic acids is 1. The number of hydrogen-bond acceptors (Lipinski definition) is 5. The van der Waals surface area contributed by atoms with Crippen molar-refractivity contribution in [2.45, 2.75) is 23.8 Å². The summed E-state index contributed by atoms with van der Waals surface area (Å²) in [5.74, 6) is -0.412. The fourth-order valence-corrected chi connectivity index (χ4v) is 3.31. The van der Waals surface area contributed by atoms with Gasteiger partial charge in [-0.3, -0.25) is 4.79 Å². The van der Waals surface area contributed by atoms with E-state index in [4.69, 9.17) is 0 Å². The molecule has 0 aliphatic rings. The Hall–Kier alpha value is -1.42. The van der Waals surface area contributed by atoms with E-state index in [1.165, 1.54) is 23.9 Å². The molecule has 0 radical (unpaired) electrons. The summed E-state index contributed by atoms with van der Waals surface area (Å²) >= 11 is 0. The normalized spacial score (nSPS) is 12.4. The second-order valence-corrected chi connectivity index (χ2v) is 6.49. The molecule has 0 aliphatic heterocycles. The fraction of sp³-hybridized carbons (Fsp3) is 0.583. The maximum absolute atomic E-state index is 12.3. The quantitative estimate of drug-likeness (QED) is 0.503. The van der Waals surface area contributed by atoms with Crippen LogP contribution in [0.25, 0.3) is 0 Å². The number of hydrogen-bond donors (Lipinski definition) is 4. The van der Waals surface area contributed by atoms with Crippen molar-refractivity contribution >= 4 is 15.9 Å². The summed E-state index contributed by atoms with van der Waals surface area (Å²) in [6.07, 6.45) is 1.51. The van der Waals surface area contributed by atoms with Gasteiger partial charge in [-0.15, -0.1) is 0 Å². The summed E-state index contributed by atoms with van der Waals surface area (Å²) < 4.78 is 28.3. The van der Waals surface area contributed by atoms with Crippen molar-refractivity contribution in [3.05, 3.63) is 18.0 Å². The van der Waals surface area contributed by atoms with E-state index in [2.05, 4.69) is 10.0 Å². The lowest BCUT2D eigenvalue weighted by Gasteiger charge is -2.28. The molecule has 0 aliphatic carbocycles. The minimum atomic E-state index is -3.97. The van der Waals surface area contributed by atoms with Crippen molar-refractivity contribution in [1.82, 2.24) is 14.6 Å². The molecule has 0 aromatic carbocycles. The van der Waals surface area contributed by atoms with Crippen molar-refractivity contribution in [1.29, 1.82) is 0 Å². The van der Waals surface area contributed by atoms with Crippen LogP contribution < -0.4 is 10.0 Å². The number of aryl methyl sites for hydroxylation is 1. The zero-order valence-electron chi connectivity index (χ0n) is 12.3. The molecule has 1 rings (SSSR count). The van der Waals surface area contributed by atoms with Gasteiger partial charge in [-0.2, -0.15) is 0 Å². The Morgan fingerprint density at radius 1 is 1.38 bits per heavy atom. The second kappa shape index (κ2) is 6.56. The molecule has 0 atom stereocenters. The topological polar surface area (TPSA) is 121 Å². The van der Waals surface area contributed by atoms with Gasteiger partial charge in [0.25, 0.3) is 5.91 Å². The summed E-state index contributed by atoms with van der Waals surface area (Å²) in [6, 6.07) is 1.23. The molecule has 0 fully saturated rings. The lowest BCUT2D eigenvalue weighted by molar-refractivity contribution is 0.0955. The maximum Gasteiger partial charge on any atom is 0.267 e. The largest absolute Gasteiger partial charge is 0.394 e. The van der Waals surface area contributed by atoms with Crippen LogP contribution in [0.3, 0.4) is 0 Å². The van der Waals surface area contributed by atoms with Gasteiger partial charge in [-0.1, -0.05) is 6.92 Å². The minimum absolute atomic E-state index is 0.108. The molecule has 0 bridgehead atoms. The molecule has 120 valence electrons. The predicted molar refractivity (Wildman–Crippen MR) is 76.3 cm³/mol. The van der Waals surface area contributed by atoms with Crippen LogP contribution in [-0.4, -0.2) is 54.9 Å². The first-order chi connectivity index (χ1) is 9.75. The van der Waals surface area contributed by atoms with Crippen LogP contribution in [0.1, 0.15) is 23.8 Å². The molecule has 8 nitrogen and oxygen atoms in total. The molecule has 21 heavy (non-hydrogen) atoms. The Kier molecular flexibility index (Phi) is 5.51.